The van der Waals surface area contributed by atoms with Crippen LogP contribution in [0, 0.1) is 0 Å². The SMILES string of the molecule is CCCCCCCC(CCC(OO)OCCOC)OC(C)=O. The molecule has 0 heterocycles. The average molecular weight is 320 g/mol. The summed E-state index contributed by atoms with van der Waals surface area (Å²) >= 11 is 0. The zero-order valence-electron chi connectivity index (χ0n) is 14.2. The molecule has 0 fully saturated rings. The molecule has 22 heavy (non-hydrogen) atoms. The van der Waals surface area contributed by atoms with Crippen LogP contribution in [0.1, 0.15) is 65.2 Å². The van der Waals surface area contributed by atoms with Gasteiger partial charge in [-0.15, -0.1) is 0 Å². The molecule has 6 nitrogen and oxygen atoms in total. The molecule has 2 atom stereocenters. The van der Waals surface area contributed by atoms with E-state index in [0.29, 0.717) is 26.1 Å². The maximum absolute atomic E-state index is 11.2. The second-order valence-corrected chi connectivity index (χ2v) is 5.41. The Morgan fingerprint density at radius 1 is 1.05 bits per heavy atom. The summed E-state index contributed by atoms with van der Waals surface area (Å²) in [6.07, 6.45) is 6.89. The van der Waals surface area contributed by atoms with Crippen LogP contribution in [-0.4, -0.2) is 43.9 Å². The lowest BCUT2D eigenvalue weighted by Crippen LogP contribution is -2.23. The fraction of sp³-hybridized carbons (Fsp3) is 0.938. The number of hydrogen-bond acceptors (Lipinski definition) is 6. The first-order valence-electron chi connectivity index (χ1n) is 8.22. The molecule has 0 aliphatic carbocycles. The van der Waals surface area contributed by atoms with Gasteiger partial charge >= 0.3 is 5.97 Å². The van der Waals surface area contributed by atoms with E-state index in [9.17, 15) is 4.79 Å². The molecule has 0 aromatic rings. The first-order valence-corrected chi connectivity index (χ1v) is 8.22. The lowest BCUT2D eigenvalue weighted by Gasteiger charge is -2.20. The summed E-state index contributed by atoms with van der Waals surface area (Å²) < 4.78 is 15.5. The van der Waals surface area contributed by atoms with E-state index in [-0.39, 0.29) is 12.1 Å². The molecule has 0 aromatic heterocycles. The molecule has 0 saturated carbocycles. The highest BCUT2D eigenvalue weighted by Crippen LogP contribution is 2.16. The van der Waals surface area contributed by atoms with Crippen molar-refractivity contribution in [1.29, 1.82) is 0 Å². The van der Waals surface area contributed by atoms with Gasteiger partial charge in [-0.2, -0.15) is 0 Å². The maximum atomic E-state index is 11.2. The molecule has 0 aliphatic heterocycles. The Morgan fingerprint density at radius 2 is 1.77 bits per heavy atom. The summed E-state index contributed by atoms with van der Waals surface area (Å²) in [5, 5.41) is 8.82. The number of ether oxygens (including phenoxy) is 3. The minimum atomic E-state index is -0.715. The molecule has 0 radical (unpaired) electrons. The van der Waals surface area contributed by atoms with Crippen LogP contribution in [0.4, 0.5) is 0 Å². The van der Waals surface area contributed by atoms with Crippen molar-refractivity contribution in [1.82, 2.24) is 0 Å². The molecular weight excluding hydrogens is 288 g/mol. The fourth-order valence-electron chi connectivity index (χ4n) is 2.22. The first kappa shape index (κ1) is 21.3. The van der Waals surface area contributed by atoms with Gasteiger partial charge in [-0.05, 0) is 19.3 Å². The lowest BCUT2D eigenvalue weighted by molar-refractivity contribution is -0.348. The van der Waals surface area contributed by atoms with E-state index in [4.69, 9.17) is 19.5 Å². The highest BCUT2D eigenvalue weighted by molar-refractivity contribution is 5.66. The molecule has 0 bridgehead atoms. The highest BCUT2D eigenvalue weighted by Gasteiger charge is 2.17. The Kier molecular flexibility index (Phi) is 14.7. The topological polar surface area (TPSA) is 74.2 Å². The van der Waals surface area contributed by atoms with Crippen LogP contribution in [0.2, 0.25) is 0 Å². The second kappa shape index (κ2) is 15.2. The molecule has 6 heteroatoms. The lowest BCUT2D eigenvalue weighted by atomic mass is 10.0. The molecule has 0 spiro atoms. The number of hydrogen-bond donors (Lipinski definition) is 1. The fourth-order valence-corrected chi connectivity index (χ4v) is 2.22. The number of carbonyl (C=O) groups is 1. The van der Waals surface area contributed by atoms with Gasteiger partial charge in [-0.25, -0.2) is 10.1 Å². The summed E-state index contributed by atoms with van der Waals surface area (Å²) in [7, 11) is 1.58. The summed E-state index contributed by atoms with van der Waals surface area (Å²) in [4.78, 5) is 15.5. The molecule has 1 N–H and O–H groups in total. The van der Waals surface area contributed by atoms with Crippen LogP contribution in [0.25, 0.3) is 0 Å². The third-order valence-corrected chi connectivity index (χ3v) is 3.40. The van der Waals surface area contributed by atoms with Crippen molar-refractivity contribution in [3.05, 3.63) is 0 Å². The van der Waals surface area contributed by atoms with E-state index < -0.39 is 6.29 Å². The van der Waals surface area contributed by atoms with Gasteiger partial charge in [-0.1, -0.05) is 32.6 Å². The van der Waals surface area contributed by atoms with Gasteiger partial charge in [0.1, 0.15) is 6.10 Å². The Labute approximate surface area is 134 Å². The quantitative estimate of drug-likeness (QED) is 0.164. The van der Waals surface area contributed by atoms with Gasteiger partial charge in [0.05, 0.1) is 13.2 Å². The number of unbranched alkanes of at least 4 members (excludes halogenated alkanes) is 4. The molecule has 0 amide bonds. The van der Waals surface area contributed by atoms with Crippen molar-refractivity contribution in [2.75, 3.05) is 20.3 Å². The summed E-state index contributed by atoms with van der Waals surface area (Å²) in [5.74, 6) is -0.277. The predicted molar refractivity (Wildman–Crippen MR) is 83.5 cm³/mol. The van der Waals surface area contributed by atoms with Crippen molar-refractivity contribution in [2.45, 2.75) is 77.6 Å². The molecular formula is C16H32O6. The molecule has 0 rings (SSSR count). The molecule has 0 aliphatic rings. The van der Waals surface area contributed by atoms with Crippen LogP contribution in [0.3, 0.4) is 0 Å². The second-order valence-electron chi connectivity index (χ2n) is 5.41. The van der Waals surface area contributed by atoms with Gasteiger partial charge in [0, 0.05) is 20.5 Å². The third-order valence-electron chi connectivity index (χ3n) is 3.40. The monoisotopic (exact) mass is 320 g/mol. The predicted octanol–water partition coefficient (Wildman–Crippen LogP) is 3.54. The summed E-state index contributed by atoms with van der Waals surface area (Å²) in [5.41, 5.74) is 0. The van der Waals surface area contributed by atoms with E-state index in [1.807, 2.05) is 0 Å². The number of esters is 1. The van der Waals surface area contributed by atoms with E-state index in [1.54, 1.807) is 7.11 Å². The summed E-state index contributed by atoms with van der Waals surface area (Å²) in [6, 6.07) is 0. The minimum Gasteiger partial charge on any atom is -0.463 e. The average Bonchev–Trinajstić information content (AvgIpc) is 2.49. The Bertz CT molecular complexity index is 259. The Morgan fingerprint density at radius 3 is 2.36 bits per heavy atom. The van der Waals surface area contributed by atoms with E-state index in [1.165, 1.54) is 26.2 Å². The van der Waals surface area contributed by atoms with Crippen LogP contribution < -0.4 is 0 Å². The van der Waals surface area contributed by atoms with Crippen LogP contribution >= 0.6 is 0 Å². The van der Waals surface area contributed by atoms with Crippen LogP contribution in [0.5, 0.6) is 0 Å². The van der Waals surface area contributed by atoms with Gasteiger partial charge in [0.25, 0.3) is 0 Å². The number of methoxy groups -OCH3 is 1. The van der Waals surface area contributed by atoms with Gasteiger partial charge < -0.3 is 14.2 Å². The summed E-state index contributed by atoms with van der Waals surface area (Å²) in [6.45, 7) is 4.38. The van der Waals surface area contributed by atoms with E-state index in [2.05, 4.69) is 11.8 Å². The Balaban J connectivity index is 4.01. The normalized spacial score (nSPS) is 13.8. The van der Waals surface area contributed by atoms with E-state index >= 15 is 0 Å². The van der Waals surface area contributed by atoms with Crippen molar-refractivity contribution >= 4 is 5.97 Å². The largest absolute Gasteiger partial charge is 0.463 e. The minimum absolute atomic E-state index is 0.150. The van der Waals surface area contributed by atoms with Crippen molar-refractivity contribution < 1.29 is 29.1 Å². The van der Waals surface area contributed by atoms with E-state index in [0.717, 1.165) is 19.3 Å². The standard InChI is InChI=1S/C16H32O6/c1-4-5-6-7-8-9-15(21-14(2)17)10-11-16(22-18)20-13-12-19-3/h15-16,18H,4-13H2,1-3H3. The molecule has 2 unspecified atom stereocenters. The van der Waals surface area contributed by atoms with Crippen molar-refractivity contribution in [3.8, 4) is 0 Å². The van der Waals surface area contributed by atoms with Gasteiger partial charge in [0.15, 0.2) is 6.29 Å². The Hall–Kier alpha value is -0.690. The molecule has 0 aromatic carbocycles. The van der Waals surface area contributed by atoms with Crippen LogP contribution in [0.15, 0.2) is 0 Å². The number of carbonyl (C=O) groups excluding carboxylic acids is 1. The van der Waals surface area contributed by atoms with Gasteiger partial charge in [-0.3, -0.25) is 4.79 Å². The van der Waals surface area contributed by atoms with Crippen molar-refractivity contribution in [2.24, 2.45) is 0 Å². The smallest absolute Gasteiger partial charge is 0.302 e. The third kappa shape index (κ3) is 13.0. The van der Waals surface area contributed by atoms with Crippen molar-refractivity contribution in [3.63, 3.8) is 0 Å². The van der Waals surface area contributed by atoms with Gasteiger partial charge in [0.2, 0.25) is 0 Å². The van der Waals surface area contributed by atoms with Crippen LogP contribution in [-0.2, 0) is 23.9 Å². The highest BCUT2D eigenvalue weighted by atomic mass is 17.1. The number of rotatable bonds is 15. The molecule has 132 valence electrons. The first-order chi connectivity index (χ1) is 10.6. The molecule has 0 saturated heterocycles. The maximum Gasteiger partial charge on any atom is 0.302 e. The zero-order valence-corrected chi connectivity index (χ0v) is 14.2. The zero-order chi connectivity index (χ0) is 16.6.